The number of rotatable bonds is 5. The average Bonchev–Trinajstić information content (AvgIpc) is 2.98. The lowest BCUT2D eigenvalue weighted by molar-refractivity contribution is -0.118. The van der Waals surface area contributed by atoms with Gasteiger partial charge < -0.3 is 15.0 Å². The van der Waals surface area contributed by atoms with Gasteiger partial charge in [0.2, 0.25) is 0 Å². The summed E-state index contributed by atoms with van der Waals surface area (Å²) in [5, 5.41) is 2.92. The molecule has 1 aliphatic rings. The Morgan fingerprint density at radius 1 is 1.17 bits per heavy atom. The quantitative estimate of drug-likeness (QED) is 0.912. The summed E-state index contributed by atoms with van der Waals surface area (Å²) in [6.45, 7) is 8.29. The van der Waals surface area contributed by atoms with Crippen molar-refractivity contribution in [2.24, 2.45) is 0 Å². The molecule has 126 valence electrons. The first-order valence-corrected chi connectivity index (χ1v) is 8.44. The van der Waals surface area contributed by atoms with Gasteiger partial charge in [-0.2, -0.15) is 0 Å². The van der Waals surface area contributed by atoms with Crippen molar-refractivity contribution in [3.05, 3.63) is 53.1 Å². The molecule has 2 aromatic carbocycles. The van der Waals surface area contributed by atoms with Gasteiger partial charge in [0.15, 0.2) is 6.61 Å². The molecule has 0 atom stereocenters. The molecule has 1 N–H and O–H groups in total. The van der Waals surface area contributed by atoms with Crippen molar-refractivity contribution in [3.8, 4) is 5.75 Å². The fourth-order valence-corrected chi connectivity index (χ4v) is 3.00. The van der Waals surface area contributed by atoms with E-state index in [1.165, 1.54) is 16.8 Å². The summed E-state index contributed by atoms with van der Waals surface area (Å²) in [6.07, 6.45) is 1.08. The van der Waals surface area contributed by atoms with Crippen LogP contribution in [0.1, 0.15) is 23.6 Å². The zero-order valence-corrected chi connectivity index (χ0v) is 14.6. The monoisotopic (exact) mass is 324 g/mol. The second-order valence-electron chi connectivity index (χ2n) is 6.26. The molecule has 1 heterocycles. The van der Waals surface area contributed by atoms with Crippen molar-refractivity contribution in [3.63, 3.8) is 0 Å². The third-order valence-corrected chi connectivity index (χ3v) is 4.59. The number of nitrogens with zero attached hydrogens (tertiary/aromatic N) is 1. The van der Waals surface area contributed by atoms with Crippen LogP contribution in [0.4, 0.5) is 11.4 Å². The van der Waals surface area contributed by atoms with Crippen molar-refractivity contribution in [2.75, 3.05) is 29.9 Å². The molecule has 0 aromatic heterocycles. The van der Waals surface area contributed by atoms with E-state index in [0.717, 1.165) is 36.5 Å². The Morgan fingerprint density at radius 3 is 2.75 bits per heavy atom. The summed E-state index contributed by atoms with van der Waals surface area (Å²) in [5.74, 6) is 0.577. The molecule has 1 amide bonds. The van der Waals surface area contributed by atoms with Crippen molar-refractivity contribution < 1.29 is 9.53 Å². The van der Waals surface area contributed by atoms with E-state index in [4.69, 9.17) is 4.74 Å². The molecule has 0 spiro atoms. The number of carbonyl (C=O) groups is 1. The second-order valence-corrected chi connectivity index (χ2v) is 6.26. The SMILES string of the molecule is CCN1CCc2ccc(NC(=O)COc3ccc(C)c(C)c3)cc21. The number of nitrogens with one attached hydrogen (secondary N) is 1. The highest BCUT2D eigenvalue weighted by atomic mass is 16.5. The number of benzene rings is 2. The van der Waals surface area contributed by atoms with Crippen molar-refractivity contribution in [1.29, 1.82) is 0 Å². The molecule has 24 heavy (non-hydrogen) atoms. The fraction of sp³-hybridized carbons (Fsp3) is 0.350. The van der Waals surface area contributed by atoms with Crippen LogP contribution < -0.4 is 15.0 Å². The summed E-state index contributed by atoms with van der Waals surface area (Å²) in [5.41, 5.74) is 5.77. The van der Waals surface area contributed by atoms with E-state index in [2.05, 4.69) is 36.2 Å². The van der Waals surface area contributed by atoms with E-state index < -0.39 is 0 Å². The van der Waals surface area contributed by atoms with Crippen molar-refractivity contribution in [1.82, 2.24) is 0 Å². The Balaban J connectivity index is 1.60. The Bertz CT molecular complexity index is 755. The number of anilines is 2. The number of hydrogen-bond acceptors (Lipinski definition) is 3. The lowest BCUT2D eigenvalue weighted by atomic mass is 10.1. The van der Waals surface area contributed by atoms with E-state index in [-0.39, 0.29) is 12.5 Å². The van der Waals surface area contributed by atoms with Gasteiger partial charge in [-0.15, -0.1) is 0 Å². The number of hydrogen-bond donors (Lipinski definition) is 1. The van der Waals surface area contributed by atoms with Crippen LogP contribution in [-0.2, 0) is 11.2 Å². The minimum absolute atomic E-state index is 0.0110. The first-order chi connectivity index (χ1) is 11.6. The van der Waals surface area contributed by atoms with Crippen LogP contribution in [0, 0.1) is 13.8 Å². The minimum Gasteiger partial charge on any atom is -0.484 e. The van der Waals surface area contributed by atoms with Crippen molar-refractivity contribution in [2.45, 2.75) is 27.2 Å². The number of ether oxygens (including phenoxy) is 1. The Morgan fingerprint density at radius 2 is 2.00 bits per heavy atom. The van der Waals surface area contributed by atoms with Crippen LogP contribution in [0.15, 0.2) is 36.4 Å². The third-order valence-electron chi connectivity index (χ3n) is 4.59. The van der Waals surface area contributed by atoms with E-state index in [0.29, 0.717) is 0 Å². The van der Waals surface area contributed by atoms with Crippen LogP contribution in [-0.4, -0.2) is 25.6 Å². The molecule has 1 aliphatic heterocycles. The number of aryl methyl sites for hydroxylation is 2. The maximum Gasteiger partial charge on any atom is 0.262 e. The highest BCUT2D eigenvalue weighted by molar-refractivity contribution is 5.92. The Hall–Kier alpha value is -2.49. The summed E-state index contributed by atoms with van der Waals surface area (Å²) in [6, 6.07) is 12.0. The number of carbonyl (C=O) groups excluding carboxylic acids is 1. The molecule has 2 aromatic rings. The molecule has 0 saturated carbocycles. The fourth-order valence-electron chi connectivity index (χ4n) is 3.00. The number of fused-ring (bicyclic) bond motifs is 1. The zero-order chi connectivity index (χ0) is 17.1. The van der Waals surface area contributed by atoms with Crippen LogP contribution in [0.25, 0.3) is 0 Å². The maximum absolute atomic E-state index is 12.1. The molecular formula is C20H24N2O2. The van der Waals surface area contributed by atoms with Gasteiger partial charge >= 0.3 is 0 Å². The molecule has 3 rings (SSSR count). The topological polar surface area (TPSA) is 41.6 Å². The standard InChI is InChI=1S/C20H24N2O2/c1-4-22-10-9-16-6-7-17(12-19(16)22)21-20(23)13-24-18-8-5-14(2)15(3)11-18/h5-8,11-12H,4,9-10,13H2,1-3H3,(H,21,23). The van der Waals surface area contributed by atoms with Crippen LogP contribution >= 0.6 is 0 Å². The molecular weight excluding hydrogens is 300 g/mol. The third kappa shape index (κ3) is 3.53. The lowest BCUT2D eigenvalue weighted by Gasteiger charge is -2.17. The van der Waals surface area contributed by atoms with Crippen LogP contribution in [0.3, 0.4) is 0 Å². The zero-order valence-electron chi connectivity index (χ0n) is 14.6. The van der Waals surface area contributed by atoms with Gasteiger partial charge in [0.1, 0.15) is 5.75 Å². The predicted molar refractivity (Wildman–Crippen MR) is 98.1 cm³/mol. The van der Waals surface area contributed by atoms with Crippen molar-refractivity contribution >= 4 is 17.3 Å². The summed E-state index contributed by atoms with van der Waals surface area (Å²) in [4.78, 5) is 14.5. The van der Waals surface area contributed by atoms with Gasteiger partial charge in [0, 0.05) is 24.5 Å². The normalized spacial score (nSPS) is 12.9. The van der Waals surface area contributed by atoms with Gasteiger partial charge in [-0.05, 0) is 68.1 Å². The van der Waals surface area contributed by atoms with E-state index in [1.54, 1.807) is 0 Å². The van der Waals surface area contributed by atoms with Gasteiger partial charge in [-0.3, -0.25) is 4.79 Å². The van der Waals surface area contributed by atoms with Crippen LogP contribution in [0.2, 0.25) is 0 Å². The lowest BCUT2D eigenvalue weighted by Crippen LogP contribution is -2.21. The van der Waals surface area contributed by atoms with Gasteiger partial charge in [-0.1, -0.05) is 12.1 Å². The summed E-state index contributed by atoms with van der Waals surface area (Å²) in [7, 11) is 0. The Kier molecular flexibility index (Phi) is 4.74. The number of amides is 1. The van der Waals surface area contributed by atoms with Crippen LogP contribution in [0.5, 0.6) is 5.75 Å². The summed E-state index contributed by atoms with van der Waals surface area (Å²) >= 11 is 0. The summed E-state index contributed by atoms with van der Waals surface area (Å²) < 4.78 is 5.59. The van der Waals surface area contributed by atoms with Gasteiger partial charge in [0.25, 0.3) is 5.91 Å². The largest absolute Gasteiger partial charge is 0.484 e. The smallest absolute Gasteiger partial charge is 0.262 e. The van der Waals surface area contributed by atoms with Gasteiger partial charge in [-0.25, -0.2) is 0 Å². The van der Waals surface area contributed by atoms with E-state index in [1.807, 2.05) is 31.2 Å². The molecule has 4 heteroatoms. The Labute approximate surface area is 143 Å². The highest BCUT2D eigenvalue weighted by Gasteiger charge is 2.18. The minimum atomic E-state index is -0.144. The average molecular weight is 324 g/mol. The molecule has 4 nitrogen and oxygen atoms in total. The molecule has 0 aliphatic carbocycles. The first kappa shape index (κ1) is 16.4. The van der Waals surface area contributed by atoms with E-state index in [9.17, 15) is 4.79 Å². The molecule has 0 saturated heterocycles. The predicted octanol–water partition coefficient (Wildman–Crippen LogP) is 3.70. The molecule has 0 unspecified atom stereocenters. The number of likely N-dealkylation sites (N-methyl/N-ethyl adjacent to an activating group) is 1. The van der Waals surface area contributed by atoms with Gasteiger partial charge in [0.05, 0.1) is 0 Å². The first-order valence-electron chi connectivity index (χ1n) is 8.44. The molecule has 0 radical (unpaired) electrons. The molecule has 0 fully saturated rings. The maximum atomic E-state index is 12.1. The second kappa shape index (κ2) is 6.95. The van der Waals surface area contributed by atoms with E-state index >= 15 is 0 Å². The highest BCUT2D eigenvalue weighted by Crippen LogP contribution is 2.30. The molecule has 0 bridgehead atoms.